The van der Waals surface area contributed by atoms with Crippen molar-refractivity contribution in [2.45, 2.75) is 12.8 Å². The minimum Gasteiger partial charge on any atom is -0.352 e. The summed E-state index contributed by atoms with van der Waals surface area (Å²) in [7, 11) is 0. The van der Waals surface area contributed by atoms with Crippen LogP contribution < -0.4 is 21.3 Å². The molecule has 152 valence electrons. The number of anilines is 2. The highest BCUT2D eigenvalue weighted by molar-refractivity contribution is 5.94. The second kappa shape index (κ2) is 11.2. The molecule has 0 aliphatic carbocycles. The van der Waals surface area contributed by atoms with Crippen molar-refractivity contribution in [3.05, 3.63) is 72.6 Å². The molecule has 0 saturated carbocycles. The largest absolute Gasteiger partial charge is 0.352 e. The van der Waals surface area contributed by atoms with Crippen molar-refractivity contribution >= 4 is 29.2 Å². The summed E-state index contributed by atoms with van der Waals surface area (Å²) in [4.78, 5) is 35.4. The minimum atomic E-state index is -0.405. The van der Waals surface area contributed by atoms with Gasteiger partial charge in [0.05, 0.1) is 0 Å². The monoisotopic (exact) mass is 398 g/mol. The van der Waals surface area contributed by atoms with Crippen LogP contribution >= 0.6 is 0 Å². The topological polar surface area (TPSA) is 99.3 Å². The molecular formula is C21H23FN4O3. The lowest BCUT2D eigenvalue weighted by Crippen LogP contribution is -2.28. The number of amides is 4. The number of rotatable bonds is 9. The Hall–Kier alpha value is -3.68. The van der Waals surface area contributed by atoms with Gasteiger partial charge in [-0.25, -0.2) is 9.18 Å². The van der Waals surface area contributed by atoms with E-state index in [-0.39, 0.29) is 24.3 Å². The third kappa shape index (κ3) is 7.84. The van der Waals surface area contributed by atoms with Crippen molar-refractivity contribution in [1.82, 2.24) is 10.6 Å². The lowest BCUT2D eigenvalue weighted by atomic mass is 10.2. The van der Waals surface area contributed by atoms with Gasteiger partial charge in [-0.1, -0.05) is 6.08 Å². The molecule has 0 fully saturated rings. The molecule has 0 atom stereocenters. The molecule has 0 radical (unpaired) electrons. The van der Waals surface area contributed by atoms with Crippen LogP contribution in [0.4, 0.5) is 20.6 Å². The molecule has 29 heavy (non-hydrogen) atoms. The second-order valence-electron chi connectivity index (χ2n) is 6.12. The van der Waals surface area contributed by atoms with Gasteiger partial charge in [0, 0.05) is 36.4 Å². The van der Waals surface area contributed by atoms with Crippen LogP contribution in [0.15, 0.2) is 61.2 Å². The Morgan fingerprint density at radius 2 is 1.52 bits per heavy atom. The smallest absolute Gasteiger partial charge is 0.319 e. The van der Waals surface area contributed by atoms with Crippen molar-refractivity contribution in [2.75, 3.05) is 23.7 Å². The maximum Gasteiger partial charge on any atom is 0.319 e. The number of hydrogen-bond acceptors (Lipinski definition) is 3. The molecule has 8 heteroatoms. The van der Waals surface area contributed by atoms with E-state index in [4.69, 9.17) is 0 Å². The summed E-state index contributed by atoms with van der Waals surface area (Å²) >= 11 is 0. The normalized spacial score (nSPS) is 9.97. The van der Waals surface area contributed by atoms with Crippen molar-refractivity contribution in [3.63, 3.8) is 0 Å². The fraction of sp³-hybridized carbons (Fsp3) is 0.190. The molecule has 0 aliphatic rings. The summed E-state index contributed by atoms with van der Waals surface area (Å²) in [6.07, 6.45) is 2.27. The summed E-state index contributed by atoms with van der Waals surface area (Å²) in [5.41, 5.74) is 1.55. The van der Waals surface area contributed by atoms with Gasteiger partial charge < -0.3 is 21.3 Å². The Bertz CT molecular complexity index is 851. The van der Waals surface area contributed by atoms with Gasteiger partial charge in [-0.05, 0) is 55.0 Å². The molecule has 0 unspecified atom stereocenters. The highest BCUT2D eigenvalue weighted by Gasteiger charge is 2.07. The predicted octanol–water partition coefficient (Wildman–Crippen LogP) is 3.28. The van der Waals surface area contributed by atoms with Crippen molar-refractivity contribution in [2.24, 2.45) is 0 Å². The summed E-state index contributed by atoms with van der Waals surface area (Å²) in [6, 6.07) is 11.6. The Morgan fingerprint density at radius 1 is 0.897 bits per heavy atom. The van der Waals surface area contributed by atoms with Crippen LogP contribution in [-0.2, 0) is 4.79 Å². The Kier molecular flexibility index (Phi) is 8.37. The number of hydrogen-bond donors (Lipinski definition) is 4. The third-order valence-electron chi connectivity index (χ3n) is 3.81. The van der Waals surface area contributed by atoms with Gasteiger partial charge in [-0.2, -0.15) is 0 Å². The molecule has 0 aromatic heterocycles. The maximum atomic E-state index is 12.8. The van der Waals surface area contributed by atoms with E-state index < -0.39 is 5.82 Å². The van der Waals surface area contributed by atoms with Gasteiger partial charge in [0.2, 0.25) is 5.91 Å². The first kappa shape index (κ1) is 21.6. The van der Waals surface area contributed by atoms with E-state index in [1.165, 1.54) is 24.3 Å². The zero-order valence-electron chi connectivity index (χ0n) is 15.8. The Balaban J connectivity index is 1.68. The van der Waals surface area contributed by atoms with Crippen LogP contribution in [0.1, 0.15) is 23.2 Å². The number of urea groups is 1. The van der Waals surface area contributed by atoms with Gasteiger partial charge >= 0.3 is 6.03 Å². The molecule has 2 aromatic carbocycles. The standard InChI is InChI=1S/C21H23FN4O3/c1-2-13-24-21(29)26-18-11-9-17(10-12-18)25-19(27)4-3-14-23-20(28)15-5-7-16(22)8-6-15/h2,5-12H,1,3-4,13-14H2,(H,23,28)(H,25,27)(H2,24,26,29). The maximum absolute atomic E-state index is 12.8. The van der Waals surface area contributed by atoms with Crippen LogP contribution in [0.5, 0.6) is 0 Å². The van der Waals surface area contributed by atoms with E-state index in [0.717, 1.165) is 0 Å². The number of benzene rings is 2. The van der Waals surface area contributed by atoms with Crippen molar-refractivity contribution < 1.29 is 18.8 Å². The summed E-state index contributed by atoms with van der Waals surface area (Å²) < 4.78 is 12.8. The molecular weight excluding hydrogens is 375 g/mol. The van der Waals surface area contributed by atoms with E-state index >= 15 is 0 Å². The summed E-state index contributed by atoms with van der Waals surface area (Å²) in [5, 5.41) is 10.7. The zero-order chi connectivity index (χ0) is 21.1. The fourth-order valence-corrected chi connectivity index (χ4v) is 2.35. The number of nitrogens with one attached hydrogen (secondary N) is 4. The molecule has 2 rings (SSSR count). The predicted molar refractivity (Wildman–Crippen MR) is 110 cm³/mol. The van der Waals surface area contributed by atoms with Gasteiger partial charge in [0.25, 0.3) is 5.91 Å². The van der Waals surface area contributed by atoms with Crippen LogP contribution in [0.3, 0.4) is 0 Å². The van der Waals surface area contributed by atoms with E-state index in [1.807, 2.05) is 0 Å². The van der Waals surface area contributed by atoms with Gasteiger partial charge in [-0.15, -0.1) is 6.58 Å². The number of carbonyl (C=O) groups is 3. The van der Waals surface area contributed by atoms with E-state index in [0.29, 0.717) is 36.4 Å². The first-order chi connectivity index (χ1) is 14.0. The lowest BCUT2D eigenvalue weighted by Gasteiger charge is -2.09. The third-order valence-corrected chi connectivity index (χ3v) is 3.81. The van der Waals surface area contributed by atoms with Crippen LogP contribution in [0, 0.1) is 5.82 Å². The van der Waals surface area contributed by atoms with E-state index in [2.05, 4.69) is 27.8 Å². The number of carbonyl (C=O) groups excluding carboxylic acids is 3. The van der Waals surface area contributed by atoms with Crippen molar-refractivity contribution in [1.29, 1.82) is 0 Å². The zero-order valence-corrected chi connectivity index (χ0v) is 15.8. The lowest BCUT2D eigenvalue weighted by molar-refractivity contribution is -0.116. The quantitative estimate of drug-likeness (QED) is 0.385. The molecule has 0 heterocycles. The molecule has 0 saturated heterocycles. The molecule has 0 bridgehead atoms. The highest BCUT2D eigenvalue weighted by atomic mass is 19.1. The number of halogens is 1. The van der Waals surface area contributed by atoms with Gasteiger partial charge in [0.15, 0.2) is 0 Å². The van der Waals surface area contributed by atoms with E-state index in [9.17, 15) is 18.8 Å². The summed E-state index contributed by atoms with van der Waals surface area (Å²) in [5.74, 6) is -0.908. The second-order valence-corrected chi connectivity index (χ2v) is 6.12. The molecule has 0 spiro atoms. The first-order valence-electron chi connectivity index (χ1n) is 9.07. The summed E-state index contributed by atoms with van der Waals surface area (Å²) in [6.45, 7) is 4.21. The average Bonchev–Trinajstić information content (AvgIpc) is 2.71. The molecule has 0 aliphatic heterocycles. The molecule has 7 nitrogen and oxygen atoms in total. The Morgan fingerprint density at radius 3 is 2.14 bits per heavy atom. The SMILES string of the molecule is C=CCNC(=O)Nc1ccc(NC(=O)CCCNC(=O)c2ccc(F)cc2)cc1. The highest BCUT2D eigenvalue weighted by Crippen LogP contribution is 2.14. The molecule has 4 N–H and O–H groups in total. The first-order valence-corrected chi connectivity index (χ1v) is 9.07. The fourth-order valence-electron chi connectivity index (χ4n) is 2.35. The van der Waals surface area contributed by atoms with Crippen molar-refractivity contribution in [3.8, 4) is 0 Å². The van der Waals surface area contributed by atoms with Gasteiger partial charge in [-0.3, -0.25) is 9.59 Å². The molecule has 4 amide bonds. The Labute approximate surface area is 168 Å². The van der Waals surface area contributed by atoms with Gasteiger partial charge in [0.1, 0.15) is 5.82 Å². The molecule has 2 aromatic rings. The average molecular weight is 398 g/mol. The van der Waals surface area contributed by atoms with Crippen LogP contribution in [0.25, 0.3) is 0 Å². The van der Waals surface area contributed by atoms with Crippen LogP contribution in [-0.4, -0.2) is 30.9 Å². The van der Waals surface area contributed by atoms with Crippen LogP contribution in [0.2, 0.25) is 0 Å². The van der Waals surface area contributed by atoms with E-state index in [1.54, 1.807) is 30.3 Å². The minimum absolute atomic E-state index is 0.189.